The van der Waals surface area contributed by atoms with Crippen molar-refractivity contribution in [3.8, 4) is 0 Å². The zero-order valence-corrected chi connectivity index (χ0v) is 13.4. The molecule has 1 heterocycles. The predicted octanol–water partition coefficient (Wildman–Crippen LogP) is 3.23. The normalized spacial score (nSPS) is 25.2. The maximum absolute atomic E-state index is 12.7. The van der Waals surface area contributed by atoms with Crippen molar-refractivity contribution in [1.29, 1.82) is 0 Å². The molecule has 0 aromatic rings. The van der Waals surface area contributed by atoms with E-state index in [0.717, 1.165) is 0 Å². The molecule has 0 N–H and O–H groups in total. The lowest BCUT2D eigenvalue weighted by molar-refractivity contribution is -0.151. The third-order valence-corrected chi connectivity index (χ3v) is 5.85. The number of esters is 1. The number of rotatable bonds is 5. The minimum absolute atomic E-state index is 0.0117. The van der Waals surface area contributed by atoms with Crippen LogP contribution >= 0.6 is 7.60 Å². The minimum Gasteiger partial charge on any atom is -0.465 e. The van der Waals surface area contributed by atoms with Crippen molar-refractivity contribution in [3.63, 3.8) is 0 Å². The van der Waals surface area contributed by atoms with Gasteiger partial charge in [-0.1, -0.05) is 20.8 Å². The van der Waals surface area contributed by atoms with E-state index >= 15 is 0 Å². The smallest absolute Gasteiger partial charge is 0.344 e. The molecule has 0 radical (unpaired) electrons. The maximum atomic E-state index is 12.7. The Labute approximate surface area is 115 Å². The Balaban J connectivity index is 2.93. The Kier molecular flexibility index (Phi) is 5.60. The van der Waals surface area contributed by atoms with Gasteiger partial charge in [-0.2, -0.15) is 0 Å². The van der Waals surface area contributed by atoms with E-state index in [0.29, 0.717) is 13.0 Å². The van der Waals surface area contributed by atoms with Crippen LogP contribution in [-0.4, -0.2) is 31.4 Å². The number of ether oxygens (including phenoxy) is 1. The van der Waals surface area contributed by atoms with E-state index < -0.39 is 19.2 Å². The monoisotopic (exact) mass is 292 g/mol. The number of hydrogen-bond donors (Lipinski definition) is 0. The molecule has 19 heavy (non-hydrogen) atoms. The highest BCUT2D eigenvalue weighted by atomic mass is 31.2. The first-order valence-corrected chi connectivity index (χ1v) is 8.41. The van der Waals surface area contributed by atoms with Crippen molar-refractivity contribution in [2.45, 2.75) is 46.7 Å². The molecule has 1 unspecified atom stereocenters. The van der Waals surface area contributed by atoms with Gasteiger partial charge < -0.3 is 13.8 Å². The van der Waals surface area contributed by atoms with Crippen molar-refractivity contribution in [1.82, 2.24) is 0 Å². The molecule has 1 aliphatic rings. The molecule has 112 valence electrons. The molecule has 0 spiro atoms. The summed E-state index contributed by atoms with van der Waals surface area (Å²) in [6, 6.07) is 0. The summed E-state index contributed by atoms with van der Waals surface area (Å²) >= 11 is 0. The molecule has 1 rings (SSSR count). The Morgan fingerprint density at radius 3 is 2.21 bits per heavy atom. The van der Waals surface area contributed by atoms with Crippen LogP contribution in [0.15, 0.2) is 0 Å². The van der Waals surface area contributed by atoms with E-state index in [4.69, 9.17) is 13.8 Å². The Bertz CT molecular complexity index is 351. The van der Waals surface area contributed by atoms with Crippen molar-refractivity contribution >= 4 is 13.6 Å². The molecule has 1 fully saturated rings. The summed E-state index contributed by atoms with van der Waals surface area (Å²) in [7, 11) is -3.43. The van der Waals surface area contributed by atoms with E-state index in [-0.39, 0.29) is 24.5 Å². The molecule has 1 saturated heterocycles. The molecule has 0 amide bonds. The second kappa shape index (κ2) is 6.38. The Morgan fingerprint density at radius 1 is 1.26 bits per heavy atom. The number of hydrogen-bond acceptors (Lipinski definition) is 5. The van der Waals surface area contributed by atoms with E-state index in [1.165, 1.54) is 0 Å². The number of carbonyl (C=O) groups excluding carboxylic acids is 1. The van der Waals surface area contributed by atoms with Gasteiger partial charge in [0.2, 0.25) is 0 Å². The third kappa shape index (κ3) is 4.04. The van der Waals surface area contributed by atoms with Gasteiger partial charge in [0.05, 0.1) is 19.8 Å². The number of carbonyl (C=O) groups is 1. The van der Waals surface area contributed by atoms with Gasteiger partial charge in [0.15, 0.2) is 5.66 Å². The largest absolute Gasteiger partial charge is 0.465 e. The zero-order chi connectivity index (χ0) is 14.7. The molecule has 0 aliphatic carbocycles. The van der Waals surface area contributed by atoms with Crippen LogP contribution < -0.4 is 0 Å². The zero-order valence-electron chi connectivity index (χ0n) is 12.5. The van der Waals surface area contributed by atoms with Gasteiger partial charge in [-0.25, -0.2) is 0 Å². The molecule has 0 aromatic carbocycles. The topological polar surface area (TPSA) is 61.8 Å². The summed E-state index contributed by atoms with van der Waals surface area (Å²) in [6.45, 7) is 10.6. The molecule has 5 nitrogen and oxygen atoms in total. The van der Waals surface area contributed by atoms with Gasteiger partial charge in [0.25, 0.3) is 0 Å². The minimum atomic E-state index is -3.43. The van der Waals surface area contributed by atoms with Crippen LogP contribution in [0, 0.1) is 11.3 Å². The van der Waals surface area contributed by atoms with Crippen LogP contribution in [0.25, 0.3) is 0 Å². The van der Waals surface area contributed by atoms with Gasteiger partial charge >= 0.3 is 13.6 Å². The third-order valence-electron chi connectivity index (χ3n) is 3.43. The molecule has 2 atom stereocenters. The van der Waals surface area contributed by atoms with Crippen LogP contribution in [0.5, 0.6) is 0 Å². The first-order valence-electron chi connectivity index (χ1n) is 6.80. The maximum Gasteiger partial charge on any atom is 0.344 e. The fourth-order valence-corrected chi connectivity index (χ4v) is 4.15. The highest BCUT2D eigenvalue weighted by molar-refractivity contribution is 7.55. The van der Waals surface area contributed by atoms with E-state index in [1.54, 1.807) is 13.8 Å². The average molecular weight is 292 g/mol. The van der Waals surface area contributed by atoms with Gasteiger partial charge in [-0.15, -0.1) is 0 Å². The fraction of sp³-hybridized carbons (Fsp3) is 0.923. The molecule has 6 heteroatoms. The molecule has 0 aromatic heterocycles. The standard InChI is InChI=1S/C13H25O5P/c1-6-17-19(15,18-7-2)11-8-10(13(3,4)5)9-16-12(11)14/h10-11H,6-9H2,1-5H3/t10-,11?/m1/s1. The van der Waals surface area contributed by atoms with Gasteiger partial charge in [-0.3, -0.25) is 9.36 Å². The first-order chi connectivity index (χ1) is 8.74. The van der Waals surface area contributed by atoms with Crippen LogP contribution in [-0.2, 0) is 23.1 Å². The second-order valence-electron chi connectivity index (χ2n) is 5.82. The highest BCUT2D eigenvalue weighted by Crippen LogP contribution is 2.57. The van der Waals surface area contributed by atoms with Crippen molar-refractivity contribution in [3.05, 3.63) is 0 Å². The molecule has 0 saturated carbocycles. The van der Waals surface area contributed by atoms with Crippen molar-refractivity contribution in [2.24, 2.45) is 11.3 Å². The van der Waals surface area contributed by atoms with E-state index in [1.807, 2.05) is 0 Å². The van der Waals surface area contributed by atoms with Crippen molar-refractivity contribution < 1.29 is 23.1 Å². The summed E-state index contributed by atoms with van der Waals surface area (Å²) in [5.41, 5.74) is -0.812. The molecule has 0 bridgehead atoms. The SMILES string of the molecule is CCOP(=O)(OCC)C1C[C@@H](C(C)(C)C)COC1=O. The van der Waals surface area contributed by atoms with E-state index in [2.05, 4.69) is 20.8 Å². The first kappa shape index (κ1) is 16.7. The highest BCUT2D eigenvalue weighted by Gasteiger charge is 2.48. The lowest BCUT2D eigenvalue weighted by Gasteiger charge is -2.38. The summed E-state index contributed by atoms with van der Waals surface area (Å²) in [5.74, 6) is -0.310. The predicted molar refractivity (Wildman–Crippen MR) is 73.2 cm³/mol. The van der Waals surface area contributed by atoms with Gasteiger partial charge in [0.1, 0.15) is 0 Å². The lowest BCUT2D eigenvalue weighted by Crippen LogP contribution is -2.40. The summed E-state index contributed by atoms with van der Waals surface area (Å²) in [5, 5.41) is 0. The van der Waals surface area contributed by atoms with Crippen LogP contribution in [0.4, 0.5) is 0 Å². The molecule has 1 aliphatic heterocycles. The van der Waals surface area contributed by atoms with Crippen LogP contribution in [0.2, 0.25) is 0 Å². The van der Waals surface area contributed by atoms with Crippen molar-refractivity contribution in [2.75, 3.05) is 19.8 Å². The quantitative estimate of drug-likeness (QED) is 0.575. The summed E-state index contributed by atoms with van der Waals surface area (Å²) in [6.07, 6.45) is 0.486. The van der Waals surface area contributed by atoms with Crippen LogP contribution in [0.1, 0.15) is 41.0 Å². The molecular formula is C13H25O5P. The number of cyclic esters (lactones) is 1. The Hall–Kier alpha value is -0.380. The second-order valence-corrected chi connectivity index (χ2v) is 8.04. The lowest BCUT2D eigenvalue weighted by atomic mass is 9.77. The average Bonchev–Trinajstić information content (AvgIpc) is 2.28. The van der Waals surface area contributed by atoms with Gasteiger partial charge in [-0.05, 0) is 31.6 Å². The van der Waals surface area contributed by atoms with Gasteiger partial charge in [0, 0.05) is 0 Å². The molecular weight excluding hydrogens is 267 g/mol. The Morgan fingerprint density at radius 2 is 1.79 bits per heavy atom. The summed E-state index contributed by atoms with van der Waals surface area (Å²) in [4.78, 5) is 11.9. The van der Waals surface area contributed by atoms with E-state index in [9.17, 15) is 9.36 Å². The summed E-state index contributed by atoms with van der Waals surface area (Å²) < 4.78 is 28.4. The van der Waals surface area contributed by atoms with Crippen LogP contribution in [0.3, 0.4) is 0 Å². The fourth-order valence-electron chi connectivity index (χ4n) is 2.15.